The number of nitrogens with zero attached hydrogens (tertiary/aromatic N) is 4. The molecule has 1 aromatic carbocycles. The van der Waals surface area contributed by atoms with E-state index in [0.717, 1.165) is 0 Å². The number of hydrogen-bond acceptors (Lipinski definition) is 7. The van der Waals surface area contributed by atoms with Crippen LogP contribution < -0.4 is 16.4 Å². The van der Waals surface area contributed by atoms with Crippen molar-refractivity contribution in [2.24, 2.45) is 0 Å². The highest BCUT2D eigenvalue weighted by Crippen LogP contribution is 2.25. The lowest BCUT2D eigenvalue weighted by Crippen LogP contribution is -2.23. The van der Waals surface area contributed by atoms with Crippen molar-refractivity contribution in [3.8, 4) is 0 Å². The number of halogens is 1. The molecule has 9 heteroatoms. The maximum absolute atomic E-state index is 13.6. The van der Waals surface area contributed by atoms with Gasteiger partial charge in [-0.15, -0.1) is 0 Å². The third-order valence-corrected chi connectivity index (χ3v) is 4.55. The van der Waals surface area contributed by atoms with Crippen molar-refractivity contribution in [3.63, 3.8) is 0 Å². The van der Waals surface area contributed by atoms with Crippen molar-refractivity contribution in [1.29, 1.82) is 0 Å². The van der Waals surface area contributed by atoms with Crippen LogP contribution in [-0.2, 0) is 6.54 Å². The molecule has 0 aliphatic rings. The van der Waals surface area contributed by atoms with Gasteiger partial charge in [-0.25, -0.2) is 9.37 Å². The van der Waals surface area contributed by atoms with Gasteiger partial charge in [-0.1, -0.05) is 0 Å². The van der Waals surface area contributed by atoms with E-state index in [2.05, 4.69) is 25.6 Å². The van der Waals surface area contributed by atoms with E-state index >= 15 is 0 Å². The Labute approximate surface area is 169 Å². The molecule has 0 aliphatic carbocycles. The molecule has 8 nitrogen and oxygen atoms in total. The lowest BCUT2D eigenvalue weighted by molar-refractivity contribution is 0.0748. The van der Waals surface area contributed by atoms with Gasteiger partial charge in [0, 0.05) is 24.8 Å². The normalized spacial score (nSPS) is 12.0. The molecule has 2 heterocycles. The second-order valence-corrected chi connectivity index (χ2v) is 8.00. The van der Waals surface area contributed by atoms with Gasteiger partial charge >= 0.3 is 0 Å². The average molecular weight is 401 g/mol. The minimum Gasteiger partial charge on any atom is -0.398 e. The first-order chi connectivity index (χ1) is 13.6. The number of fused-ring (bicyclic) bond motifs is 1. The fourth-order valence-electron chi connectivity index (χ4n) is 2.88. The summed E-state index contributed by atoms with van der Waals surface area (Å²) < 4.78 is 15.5. The molecule has 0 spiro atoms. The first-order valence-corrected chi connectivity index (χ1v) is 9.62. The van der Waals surface area contributed by atoms with Crippen LogP contribution in [0.4, 0.5) is 21.8 Å². The number of imidazole rings is 1. The minimum absolute atomic E-state index is 0.172. The predicted octanol–water partition coefficient (Wildman–Crippen LogP) is 3.31. The summed E-state index contributed by atoms with van der Waals surface area (Å²) in [6.07, 6.45) is 2.27. The lowest BCUT2D eigenvalue weighted by Gasteiger charge is -2.17. The van der Waals surface area contributed by atoms with Crippen molar-refractivity contribution < 1.29 is 9.50 Å². The molecule has 0 saturated heterocycles. The van der Waals surface area contributed by atoms with Gasteiger partial charge in [-0.3, -0.25) is 0 Å². The van der Waals surface area contributed by atoms with Crippen molar-refractivity contribution in [1.82, 2.24) is 19.5 Å². The Kier molecular flexibility index (Phi) is 5.88. The topological polar surface area (TPSA) is 114 Å². The number of aliphatic hydroxyl groups is 1. The smallest absolute Gasteiger partial charge is 0.226 e. The molecule has 3 aromatic rings. The van der Waals surface area contributed by atoms with Gasteiger partial charge in [-0.05, 0) is 57.9 Å². The van der Waals surface area contributed by atoms with Crippen LogP contribution >= 0.6 is 0 Å². The molecule has 0 unspecified atom stereocenters. The first kappa shape index (κ1) is 20.8. The molecule has 0 amide bonds. The molecule has 29 heavy (non-hydrogen) atoms. The number of benzene rings is 1. The number of aromatic nitrogens is 4. The molecule has 5 N–H and O–H groups in total. The Morgan fingerprint density at radius 1 is 1.24 bits per heavy atom. The van der Waals surface area contributed by atoms with E-state index in [9.17, 15) is 9.50 Å². The zero-order chi connectivity index (χ0) is 21.2. The number of nitrogen functional groups attached to an aromatic ring is 1. The minimum atomic E-state index is -0.785. The molecule has 0 fully saturated rings. The summed E-state index contributed by atoms with van der Waals surface area (Å²) in [7, 11) is 0. The van der Waals surface area contributed by atoms with Gasteiger partial charge in [-0.2, -0.15) is 9.97 Å². The van der Waals surface area contributed by atoms with Crippen molar-refractivity contribution in [3.05, 3.63) is 35.9 Å². The van der Waals surface area contributed by atoms with Gasteiger partial charge in [0.1, 0.15) is 5.82 Å². The molecule has 3 rings (SSSR count). The molecular formula is C20H28FN7O. The zero-order valence-electron chi connectivity index (χ0n) is 17.2. The summed E-state index contributed by atoms with van der Waals surface area (Å²) in [4.78, 5) is 13.6. The summed E-state index contributed by atoms with van der Waals surface area (Å²) in [5, 5.41) is 16.3. The second-order valence-electron chi connectivity index (χ2n) is 8.00. The molecule has 156 valence electrons. The lowest BCUT2D eigenvalue weighted by atomic mass is 10.1. The van der Waals surface area contributed by atoms with E-state index < -0.39 is 5.60 Å². The summed E-state index contributed by atoms with van der Waals surface area (Å²) in [6, 6.07) is 4.44. The van der Waals surface area contributed by atoms with Crippen LogP contribution in [0.2, 0.25) is 0 Å². The van der Waals surface area contributed by atoms with E-state index in [-0.39, 0.29) is 11.9 Å². The van der Waals surface area contributed by atoms with E-state index in [1.807, 2.05) is 18.4 Å². The first-order valence-electron chi connectivity index (χ1n) is 9.62. The maximum atomic E-state index is 13.6. The van der Waals surface area contributed by atoms with Gasteiger partial charge < -0.3 is 26.0 Å². The Balaban J connectivity index is 1.90. The summed E-state index contributed by atoms with van der Waals surface area (Å²) in [5.41, 5.74) is 7.62. The quantitative estimate of drug-likeness (QED) is 0.428. The maximum Gasteiger partial charge on any atom is 0.226 e. The standard InChI is InChI=1S/C20H28FN7O/c1-12(2)28-11-25-16-17(24-10-13-9-14(21)5-6-15(13)22)26-19(27-18(16)28)23-8-7-20(3,4)29/h5-6,9,11-12,29H,7-8,10,22H2,1-4H3,(H2,23,24,26,27). The number of rotatable bonds is 8. The number of anilines is 3. The summed E-state index contributed by atoms with van der Waals surface area (Å²) in [6.45, 7) is 8.41. The van der Waals surface area contributed by atoms with Crippen LogP contribution in [0.3, 0.4) is 0 Å². The SMILES string of the molecule is CC(C)n1cnc2c(NCc3cc(F)ccc3N)nc(NCCC(C)(C)O)nc21. The second kappa shape index (κ2) is 8.20. The third kappa shape index (κ3) is 5.11. The van der Waals surface area contributed by atoms with Crippen LogP contribution in [0.1, 0.15) is 45.7 Å². The van der Waals surface area contributed by atoms with Gasteiger partial charge in [0.2, 0.25) is 5.95 Å². The largest absolute Gasteiger partial charge is 0.398 e. The molecule has 0 aliphatic heterocycles. The fourth-order valence-corrected chi connectivity index (χ4v) is 2.88. The highest BCUT2D eigenvalue weighted by Gasteiger charge is 2.16. The van der Waals surface area contributed by atoms with Crippen molar-refractivity contribution >= 4 is 28.6 Å². The van der Waals surface area contributed by atoms with Gasteiger partial charge in [0.25, 0.3) is 0 Å². The van der Waals surface area contributed by atoms with Crippen LogP contribution in [0.5, 0.6) is 0 Å². The van der Waals surface area contributed by atoms with Crippen LogP contribution in [0.25, 0.3) is 11.2 Å². The van der Waals surface area contributed by atoms with E-state index in [1.54, 1.807) is 26.2 Å². The molecule has 2 aromatic heterocycles. The van der Waals surface area contributed by atoms with Crippen molar-refractivity contribution in [2.75, 3.05) is 22.9 Å². The highest BCUT2D eigenvalue weighted by atomic mass is 19.1. The Bertz CT molecular complexity index is 994. The van der Waals surface area contributed by atoms with Gasteiger partial charge in [0.05, 0.1) is 11.9 Å². The van der Waals surface area contributed by atoms with E-state index in [0.29, 0.717) is 53.7 Å². The van der Waals surface area contributed by atoms with Crippen molar-refractivity contribution in [2.45, 2.75) is 52.3 Å². The monoisotopic (exact) mass is 401 g/mol. The zero-order valence-corrected chi connectivity index (χ0v) is 17.2. The highest BCUT2D eigenvalue weighted by molar-refractivity contribution is 5.84. The molecular weight excluding hydrogens is 373 g/mol. The molecule has 0 radical (unpaired) electrons. The Morgan fingerprint density at radius 2 is 2.00 bits per heavy atom. The number of hydrogen-bond donors (Lipinski definition) is 4. The van der Waals surface area contributed by atoms with Crippen LogP contribution in [0, 0.1) is 5.82 Å². The van der Waals surface area contributed by atoms with Crippen LogP contribution in [-0.4, -0.2) is 36.8 Å². The summed E-state index contributed by atoms with van der Waals surface area (Å²) >= 11 is 0. The van der Waals surface area contributed by atoms with Gasteiger partial charge in [0.15, 0.2) is 17.0 Å². The summed E-state index contributed by atoms with van der Waals surface area (Å²) in [5.74, 6) is 0.615. The number of nitrogens with two attached hydrogens (primary N) is 1. The third-order valence-electron chi connectivity index (χ3n) is 4.55. The van der Waals surface area contributed by atoms with Crippen LogP contribution in [0.15, 0.2) is 24.5 Å². The molecule has 0 atom stereocenters. The van der Waals surface area contributed by atoms with E-state index in [1.165, 1.54) is 12.1 Å². The predicted molar refractivity (Wildman–Crippen MR) is 113 cm³/mol. The van der Waals surface area contributed by atoms with E-state index in [4.69, 9.17) is 5.73 Å². The number of nitrogens with one attached hydrogen (secondary N) is 2. The molecule has 0 bridgehead atoms. The fraction of sp³-hybridized carbons (Fsp3) is 0.450. The Morgan fingerprint density at radius 3 is 2.69 bits per heavy atom. The Hall–Kier alpha value is -2.94. The molecule has 0 saturated carbocycles. The average Bonchev–Trinajstić information content (AvgIpc) is 3.05.